The summed E-state index contributed by atoms with van der Waals surface area (Å²) in [4.78, 5) is 0. The van der Waals surface area contributed by atoms with E-state index in [1.165, 1.54) is 6.42 Å². The lowest BCUT2D eigenvalue weighted by atomic mass is 10.4. The molecule has 54 valence electrons. The van der Waals surface area contributed by atoms with Crippen molar-refractivity contribution in [3.63, 3.8) is 0 Å². The highest BCUT2D eigenvalue weighted by Gasteiger charge is 2.13. The lowest BCUT2D eigenvalue weighted by molar-refractivity contribution is 1.20. The largest absolute Gasteiger partial charge is 0.0897 e. The van der Waals surface area contributed by atoms with Gasteiger partial charge in [0, 0.05) is 0 Å². The number of hydrogen-bond acceptors (Lipinski definition) is 0. The monoisotopic (exact) mass is 142 g/mol. The van der Waals surface area contributed by atoms with Crippen LogP contribution in [0.5, 0.6) is 0 Å². The molecule has 0 saturated heterocycles. The Labute approximate surface area is 60.0 Å². The van der Waals surface area contributed by atoms with Crippen LogP contribution in [0, 0.1) is 0 Å². The van der Waals surface area contributed by atoms with Crippen LogP contribution >= 0.6 is 0 Å². The predicted molar refractivity (Wildman–Crippen MR) is 47.4 cm³/mol. The minimum atomic E-state index is -0.920. The van der Waals surface area contributed by atoms with Crippen molar-refractivity contribution < 1.29 is 0 Å². The van der Waals surface area contributed by atoms with Gasteiger partial charge in [-0.2, -0.15) is 0 Å². The molecule has 0 aromatic carbocycles. The predicted octanol–water partition coefficient (Wildman–Crippen LogP) is 3.22. The second-order valence-corrected chi connectivity index (χ2v) is 8.83. The Morgan fingerprint density at radius 1 is 1.33 bits per heavy atom. The van der Waals surface area contributed by atoms with E-state index in [4.69, 9.17) is 0 Å². The van der Waals surface area contributed by atoms with E-state index in [-0.39, 0.29) is 0 Å². The van der Waals surface area contributed by atoms with Crippen molar-refractivity contribution in [1.29, 1.82) is 0 Å². The first kappa shape index (κ1) is 8.96. The molecule has 0 unspecified atom stereocenters. The van der Waals surface area contributed by atoms with Gasteiger partial charge in [0.2, 0.25) is 0 Å². The Bertz CT molecular complexity index is 106. The van der Waals surface area contributed by atoms with Crippen LogP contribution in [0.25, 0.3) is 0 Å². The van der Waals surface area contributed by atoms with Gasteiger partial charge in [0.05, 0.1) is 8.07 Å². The summed E-state index contributed by atoms with van der Waals surface area (Å²) in [5, 5.41) is 1.63. The molecule has 0 aliphatic heterocycles. The fraction of sp³-hybridized carbons (Fsp3) is 0.750. The standard InChI is InChI=1S/C8H18Si/c1-6-7-8(2)9(3,4)5/h7H,6H2,1-5H3/b8-7+. The van der Waals surface area contributed by atoms with Gasteiger partial charge in [-0.05, 0) is 13.3 Å². The van der Waals surface area contributed by atoms with Crippen LogP contribution in [-0.4, -0.2) is 8.07 Å². The van der Waals surface area contributed by atoms with Gasteiger partial charge in [-0.15, -0.1) is 0 Å². The topological polar surface area (TPSA) is 0 Å². The number of hydrogen-bond donors (Lipinski definition) is 0. The smallest absolute Gasteiger partial charge is 0.0716 e. The van der Waals surface area contributed by atoms with Crippen LogP contribution in [0.1, 0.15) is 20.3 Å². The molecule has 0 nitrogen and oxygen atoms in total. The molecule has 0 atom stereocenters. The van der Waals surface area contributed by atoms with Crippen LogP contribution in [0.2, 0.25) is 19.6 Å². The first-order valence-electron chi connectivity index (χ1n) is 3.65. The average Bonchev–Trinajstić information content (AvgIpc) is 1.64. The van der Waals surface area contributed by atoms with Gasteiger partial charge in [0.15, 0.2) is 0 Å². The Morgan fingerprint density at radius 3 is 1.89 bits per heavy atom. The lowest BCUT2D eigenvalue weighted by Gasteiger charge is -2.16. The first-order chi connectivity index (χ1) is 3.98. The Balaban J connectivity index is 4.03. The SMILES string of the molecule is CC/C=C(\C)[Si](C)(C)C. The minimum absolute atomic E-state index is 0.920. The molecule has 0 spiro atoms. The van der Waals surface area contributed by atoms with Gasteiger partial charge in [-0.1, -0.05) is 37.8 Å². The lowest BCUT2D eigenvalue weighted by Crippen LogP contribution is -2.21. The second-order valence-electron chi connectivity index (χ2n) is 3.55. The molecule has 9 heavy (non-hydrogen) atoms. The third kappa shape index (κ3) is 3.52. The fourth-order valence-electron chi connectivity index (χ4n) is 0.612. The van der Waals surface area contributed by atoms with E-state index in [0.717, 1.165) is 0 Å². The van der Waals surface area contributed by atoms with Crippen molar-refractivity contribution in [3.05, 3.63) is 11.3 Å². The zero-order valence-corrected chi connectivity index (χ0v) is 8.28. The summed E-state index contributed by atoms with van der Waals surface area (Å²) in [6, 6.07) is 0. The van der Waals surface area contributed by atoms with Gasteiger partial charge in [0.1, 0.15) is 0 Å². The molecule has 0 amide bonds. The van der Waals surface area contributed by atoms with Crippen molar-refractivity contribution in [3.8, 4) is 0 Å². The summed E-state index contributed by atoms with van der Waals surface area (Å²) in [5.41, 5.74) is 0. The van der Waals surface area contributed by atoms with E-state index in [1.54, 1.807) is 5.20 Å². The Morgan fingerprint density at radius 2 is 1.78 bits per heavy atom. The molecule has 0 aliphatic carbocycles. The zero-order chi connectivity index (χ0) is 7.49. The third-order valence-electron chi connectivity index (χ3n) is 1.69. The second kappa shape index (κ2) is 3.21. The van der Waals surface area contributed by atoms with E-state index >= 15 is 0 Å². The van der Waals surface area contributed by atoms with Gasteiger partial charge in [-0.25, -0.2) is 0 Å². The molecule has 0 radical (unpaired) electrons. The summed E-state index contributed by atoms with van der Waals surface area (Å²) in [6.07, 6.45) is 3.54. The molecular weight excluding hydrogens is 124 g/mol. The van der Waals surface area contributed by atoms with Crippen LogP contribution in [0.15, 0.2) is 11.3 Å². The molecule has 0 fully saturated rings. The summed E-state index contributed by atoms with van der Waals surface area (Å²) >= 11 is 0. The maximum atomic E-state index is 2.38. The molecule has 0 bridgehead atoms. The fourth-order valence-corrected chi connectivity index (χ4v) is 1.43. The first-order valence-corrected chi connectivity index (χ1v) is 7.15. The highest BCUT2D eigenvalue weighted by atomic mass is 28.3. The Hall–Kier alpha value is -0.0431. The minimum Gasteiger partial charge on any atom is -0.0897 e. The average molecular weight is 142 g/mol. The maximum absolute atomic E-state index is 2.38. The molecule has 0 aliphatic rings. The maximum Gasteiger partial charge on any atom is 0.0716 e. The van der Waals surface area contributed by atoms with Gasteiger partial charge in [0.25, 0.3) is 0 Å². The quantitative estimate of drug-likeness (QED) is 0.519. The van der Waals surface area contributed by atoms with Crippen molar-refractivity contribution in [2.75, 3.05) is 0 Å². The molecule has 0 aromatic rings. The summed E-state index contributed by atoms with van der Waals surface area (Å²) in [5.74, 6) is 0. The third-order valence-corrected chi connectivity index (χ3v) is 4.26. The van der Waals surface area contributed by atoms with Crippen LogP contribution in [-0.2, 0) is 0 Å². The van der Waals surface area contributed by atoms with Gasteiger partial charge >= 0.3 is 0 Å². The normalized spacial score (nSPS) is 14.1. The van der Waals surface area contributed by atoms with Gasteiger partial charge < -0.3 is 0 Å². The van der Waals surface area contributed by atoms with Crippen LogP contribution in [0.3, 0.4) is 0 Å². The van der Waals surface area contributed by atoms with E-state index in [9.17, 15) is 0 Å². The van der Waals surface area contributed by atoms with Crippen LogP contribution in [0.4, 0.5) is 0 Å². The highest BCUT2D eigenvalue weighted by molar-refractivity contribution is 6.82. The summed E-state index contributed by atoms with van der Waals surface area (Å²) < 4.78 is 0. The van der Waals surface area contributed by atoms with Crippen molar-refractivity contribution in [2.45, 2.75) is 39.9 Å². The summed E-state index contributed by atoms with van der Waals surface area (Å²) in [7, 11) is -0.920. The molecule has 0 aromatic heterocycles. The molecule has 1 heteroatoms. The van der Waals surface area contributed by atoms with E-state index in [0.29, 0.717) is 0 Å². The molecular formula is C8H18Si. The zero-order valence-electron chi connectivity index (χ0n) is 7.28. The number of rotatable bonds is 2. The van der Waals surface area contributed by atoms with Crippen molar-refractivity contribution >= 4 is 8.07 Å². The molecule has 0 rings (SSSR count). The Kier molecular flexibility index (Phi) is 3.19. The van der Waals surface area contributed by atoms with Crippen molar-refractivity contribution in [2.24, 2.45) is 0 Å². The summed E-state index contributed by atoms with van der Waals surface area (Å²) in [6.45, 7) is 11.6. The van der Waals surface area contributed by atoms with E-state index < -0.39 is 8.07 Å². The van der Waals surface area contributed by atoms with E-state index in [1.807, 2.05) is 0 Å². The molecule has 0 N–H and O–H groups in total. The van der Waals surface area contributed by atoms with E-state index in [2.05, 4.69) is 39.6 Å². The highest BCUT2D eigenvalue weighted by Crippen LogP contribution is 2.13. The van der Waals surface area contributed by atoms with Gasteiger partial charge in [-0.3, -0.25) is 0 Å². The molecule has 0 saturated carbocycles. The van der Waals surface area contributed by atoms with Crippen LogP contribution < -0.4 is 0 Å². The number of allylic oxidation sites excluding steroid dienone is 2. The molecule has 0 heterocycles. The van der Waals surface area contributed by atoms with Crippen molar-refractivity contribution in [1.82, 2.24) is 0 Å².